The summed E-state index contributed by atoms with van der Waals surface area (Å²) in [6.45, 7) is 0.0971. The monoisotopic (exact) mass is 434 g/mol. The van der Waals surface area contributed by atoms with Crippen LogP contribution in [0.4, 0.5) is 5.69 Å². The van der Waals surface area contributed by atoms with Crippen molar-refractivity contribution in [3.8, 4) is 0 Å². The second kappa shape index (κ2) is 9.45. The van der Waals surface area contributed by atoms with Crippen LogP contribution in [0, 0.1) is 0 Å². The first-order chi connectivity index (χ1) is 15.0. The molecule has 0 unspecified atom stereocenters. The van der Waals surface area contributed by atoms with Crippen molar-refractivity contribution in [2.45, 2.75) is 18.5 Å². The van der Waals surface area contributed by atoms with Gasteiger partial charge in [0.1, 0.15) is 0 Å². The summed E-state index contributed by atoms with van der Waals surface area (Å²) in [5.41, 5.74) is 2.86. The van der Waals surface area contributed by atoms with Crippen molar-refractivity contribution in [3.05, 3.63) is 102 Å². The van der Waals surface area contributed by atoms with E-state index in [1.807, 2.05) is 91.0 Å². The molecule has 0 aromatic heterocycles. The van der Waals surface area contributed by atoms with E-state index in [2.05, 4.69) is 5.32 Å². The molecular formula is C25H26N2O3S. The van der Waals surface area contributed by atoms with E-state index in [9.17, 15) is 13.2 Å². The fourth-order valence-electron chi connectivity index (χ4n) is 4.12. The summed E-state index contributed by atoms with van der Waals surface area (Å²) >= 11 is 0. The molecule has 1 amide bonds. The highest BCUT2D eigenvalue weighted by Gasteiger charge is 2.35. The molecule has 0 saturated carbocycles. The maximum atomic E-state index is 13.4. The largest absolute Gasteiger partial charge is 0.307 e. The number of carbonyl (C=O) groups is 1. The number of nitrogens with zero attached hydrogens (tertiary/aromatic N) is 1. The predicted octanol–water partition coefficient (Wildman–Crippen LogP) is 3.59. The first-order valence-electron chi connectivity index (χ1n) is 10.4. The quantitative estimate of drug-likeness (QED) is 0.617. The topological polar surface area (TPSA) is 66.5 Å². The molecule has 31 heavy (non-hydrogen) atoms. The summed E-state index contributed by atoms with van der Waals surface area (Å²) in [5, 5.41) is 3.41. The summed E-state index contributed by atoms with van der Waals surface area (Å²) in [4.78, 5) is 15.0. The lowest BCUT2D eigenvalue weighted by atomic mass is 9.99. The van der Waals surface area contributed by atoms with E-state index in [4.69, 9.17) is 0 Å². The Kier molecular flexibility index (Phi) is 6.49. The molecular weight excluding hydrogens is 408 g/mol. The van der Waals surface area contributed by atoms with Crippen LogP contribution in [-0.4, -0.2) is 38.4 Å². The van der Waals surface area contributed by atoms with Gasteiger partial charge in [-0.3, -0.25) is 10.1 Å². The van der Waals surface area contributed by atoms with Gasteiger partial charge in [-0.05, 0) is 29.7 Å². The van der Waals surface area contributed by atoms with Gasteiger partial charge in [0.05, 0.1) is 30.1 Å². The SMILES string of the molecule is O=C(CNC(c1ccccc1)c1ccccc1)N(c1ccccc1)[C@H]1CCS(=O)(=O)C1. The highest BCUT2D eigenvalue weighted by molar-refractivity contribution is 7.91. The average molecular weight is 435 g/mol. The smallest absolute Gasteiger partial charge is 0.241 e. The molecule has 5 nitrogen and oxygen atoms in total. The molecule has 1 aliphatic heterocycles. The number of benzene rings is 3. The van der Waals surface area contributed by atoms with E-state index in [1.165, 1.54) is 0 Å². The summed E-state index contributed by atoms with van der Waals surface area (Å²) in [6, 6.07) is 28.8. The van der Waals surface area contributed by atoms with Crippen LogP contribution < -0.4 is 10.2 Å². The van der Waals surface area contributed by atoms with Gasteiger partial charge in [0.15, 0.2) is 9.84 Å². The molecule has 1 N–H and O–H groups in total. The maximum absolute atomic E-state index is 13.4. The normalized spacial score (nSPS) is 17.5. The molecule has 0 aliphatic carbocycles. The van der Waals surface area contributed by atoms with E-state index in [-0.39, 0.29) is 36.0 Å². The number of para-hydroxylation sites is 1. The molecule has 0 radical (unpaired) electrons. The molecule has 3 aromatic rings. The molecule has 0 spiro atoms. The fourth-order valence-corrected chi connectivity index (χ4v) is 5.82. The zero-order chi connectivity index (χ0) is 21.7. The summed E-state index contributed by atoms with van der Waals surface area (Å²) in [5.74, 6) is -0.00237. The number of carbonyl (C=O) groups excluding carboxylic acids is 1. The first kappa shape index (κ1) is 21.3. The van der Waals surface area contributed by atoms with E-state index in [0.717, 1.165) is 16.8 Å². The Hall–Kier alpha value is -2.96. The highest BCUT2D eigenvalue weighted by atomic mass is 32.2. The Morgan fingerprint density at radius 3 is 1.87 bits per heavy atom. The Morgan fingerprint density at radius 2 is 1.39 bits per heavy atom. The molecule has 1 aliphatic rings. The third kappa shape index (κ3) is 5.21. The molecule has 0 bridgehead atoms. The number of anilines is 1. The molecule has 1 fully saturated rings. The molecule has 1 heterocycles. The molecule has 160 valence electrons. The molecule has 3 aromatic carbocycles. The second-order valence-electron chi connectivity index (χ2n) is 7.79. The average Bonchev–Trinajstić information content (AvgIpc) is 3.15. The Morgan fingerprint density at radius 1 is 0.871 bits per heavy atom. The Labute approximate surface area is 183 Å². The third-order valence-corrected chi connectivity index (χ3v) is 7.35. The Bertz CT molecular complexity index is 1060. The second-order valence-corrected chi connectivity index (χ2v) is 10.0. The summed E-state index contributed by atoms with van der Waals surface area (Å²) in [7, 11) is -3.11. The van der Waals surface area contributed by atoms with E-state index >= 15 is 0 Å². The van der Waals surface area contributed by atoms with Crippen LogP contribution >= 0.6 is 0 Å². The molecule has 4 rings (SSSR count). The third-order valence-electron chi connectivity index (χ3n) is 5.60. The lowest BCUT2D eigenvalue weighted by Gasteiger charge is -2.29. The summed E-state index contributed by atoms with van der Waals surface area (Å²) < 4.78 is 24.2. The van der Waals surface area contributed by atoms with Crippen molar-refractivity contribution in [3.63, 3.8) is 0 Å². The van der Waals surface area contributed by atoms with Crippen molar-refractivity contribution in [2.75, 3.05) is 23.0 Å². The fraction of sp³-hybridized carbons (Fsp3) is 0.240. The van der Waals surface area contributed by atoms with Gasteiger partial charge < -0.3 is 4.90 Å². The minimum atomic E-state index is -3.11. The number of rotatable bonds is 7. The predicted molar refractivity (Wildman–Crippen MR) is 124 cm³/mol. The first-order valence-corrected chi connectivity index (χ1v) is 12.3. The van der Waals surface area contributed by atoms with Crippen molar-refractivity contribution in [1.29, 1.82) is 0 Å². The van der Waals surface area contributed by atoms with Crippen molar-refractivity contribution < 1.29 is 13.2 Å². The number of amides is 1. The minimum Gasteiger partial charge on any atom is -0.307 e. The van der Waals surface area contributed by atoms with Gasteiger partial charge in [-0.15, -0.1) is 0 Å². The van der Waals surface area contributed by atoms with Crippen molar-refractivity contribution in [2.24, 2.45) is 0 Å². The van der Waals surface area contributed by atoms with Crippen LogP contribution in [0.15, 0.2) is 91.0 Å². The van der Waals surface area contributed by atoms with Gasteiger partial charge in [-0.2, -0.15) is 0 Å². The molecule has 1 atom stereocenters. The van der Waals surface area contributed by atoms with Crippen molar-refractivity contribution in [1.82, 2.24) is 5.32 Å². The number of sulfone groups is 1. The zero-order valence-corrected chi connectivity index (χ0v) is 18.0. The van der Waals surface area contributed by atoms with Gasteiger partial charge in [0, 0.05) is 5.69 Å². The zero-order valence-electron chi connectivity index (χ0n) is 17.2. The maximum Gasteiger partial charge on any atom is 0.241 e. The van der Waals surface area contributed by atoms with Crippen LogP contribution in [0.25, 0.3) is 0 Å². The van der Waals surface area contributed by atoms with Gasteiger partial charge in [-0.1, -0.05) is 78.9 Å². The number of hydrogen-bond acceptors (Lipinski definition) is 4. The summed E-state index contributed by atoms with van der Waals surface area (Å²) in [6.07, 6.45) is 0.462. The van der Waals surface area contributed by atoms with Crippen molar-refractivity contribution >= 4 is 21.4 Å². The van der Waals surface area contributed by atoms with E-state index in [1.54, 1.807) is 4.90 Å². The number of hydrogen-bond donors (Lipinski definition) is 1. The van der Waals surface area contributed by atoms with Gasteiger partial charge in [-0.25, -0.2) is 8.42 Å². The van der Waals surface area contributed by atoms with Crippen LogP contribution in [0.5, 0.6) is 0 Å². The molecule has 6 heteroatoms. The van der Waals surface area contributed by atoms with Crippen LogP contribution in [0.1, 0.15) is 23.6 Å². The van der Waals surface area contributed by atoms with Gasteiger partial charge in [0.25, 0.3) is 0 Å². The van der Waals surface area contributed by atoms with Crippen LogP contribution in [-0.2, 0) is 14.6 Å². The standard InChI is InChI=1S/C25H26N2O3S/c28-24(27(22-14-8-3-9-15-22)23-16-17-31(29,30)19-23)18-26-25(20-10-4-1-5-11-20)21-12-6-2-7-13-21/h1-15,23,25-26H,16-19H2/t23-/m0/s1. The van der Waals surface area contributed by atoms with E-state index in [0.29, 0.717) is 6.42 Å². The lowest BCUT2D eigenvalue weighted by Crippen LogP contribution is -2.46. The van der Waals surface area contributed by atoms with Gasteiger partial charge in [0.2, 0.25) is 5.91 Å². The van der Waals surface area contributed by atoms with Crippen LogP contribution in [0.2, 0.25) is 0 Å². The Balaban J connectivity index is 1.57. The number of nitrogens with one attached hydrogen (secondary N) is 1. The van der Waals surface area contributed by atoms with Gasteiger partial charge >= 0.3 is 0 Å². The van der Waals surface area contributed by atoms with Crippen LogP contribution in [0.3, 0.4) is 0 Å². The lowest BCUT2D eigenvalue weighted by molar-refractivity contribution is -0.118. The molecule has 1 saturated heterocycles. The minimum absolute atomic E-state index is 0.00837. The highest BCUT2D eigenvalue weighted by Crippen LogP contribution is 2.26. The van der Waals surface area contributed by atoms with E-state index < -0.39 is 9.84 Å².